The molecule has 8 heteroatoms. The third kappa shape index (κ3) is 5.94. The SMILES string of the molecule is Cc1cc(C(=O)CCc2nc(-c3ccc(Cl)cc3Cl)oc2C(C)C)ccc1SCC(=O)O. The zero-order chi connectivity index (χ0) is 23.4. The number of carbonyl (C=O) groups is 2. The molecule has 168 valence electrons. The standard InChI is InChI=1S/C24H23Cl2NO4S/c1-13(2)23-19(27-24(31-23)17-6-5-16(25)11-18(17)26)7-8-20(28)15-4-9-21(14(3)10-15)32-12-22(29)30/h4-6,9-11,13H,7-8,12H2,1-3H3,(H,29,30). The molecule has 1 aromatic heterocycles. The van der Waals surface area contributed by atoms with Gasteiger partial charge in [-0.3, -0.25) is 9.59 Å². The molecule has 3 aromatic rings. The second kappa shape index (κ2) is 10.6. The number of hydrogen-bond acceptors (Lipinski definition) is 5. The highest BCUT2D eigenvalue weighted by molar-refractivity contribution is 8.00. The summed E-state index contributed by atoms with van der Waals surface area (Å²) in [5.74, 6) is 0.344. The number of halogens is 2. The first kappa shape index (κ1) is 24.4. The Kier molecular flexibility index (Phi) is 8.04. The van der Waals surface area contributed by atoms with E-state index >= 15 is 0 Å². The van der Waals surface area contributed by atoms with Crippen molar-refractivity contribution in [2.75, 3.05) is 5.75 Å². The summed E-state index contributed by atoms with van der Waals surface area (Å²) in [6.45, 7) is 5.89. The highest BCUT2D eigenvalue weighted by Gasteiger charge is 2.20. The largest absolute Gasteiger partial charge is 0.481 e. The van der Waals surface area contributed by atoms with E-state index in [1.165, 1.54) is 11.8 Å². The summed E-state index contributed by atoms with van der Waals surface area (Å²) in [6.07, 6.45) is 0.719. The minimum Gasteiger partial charge on any atom is -0.481 e. The second-order valence-electron chi connectivity index (χ2n) is 7.69. The molecule has 0 saturated heterocycles. The number of nitrogens with zero attached hydrogens (tertiary/aromatic N) is 1. The zero-order valence-corrected chi connectivity index (χ0v) is 20.3. The molecule has 1 heterocycles. The number of carboxylic acids is 1. The predicted octanol–water partition coefficient (Wildman–Crippen LogP) is 7.07. The number of carboxylic acid groups (broad SMARTS) is 1. The van der Waals surface area contributed by atoms with Gasteiger partial charge in [0.15, 0.2) is 5.78 Å². The van der Waals surface area contributed by atoms with Crippen LogP contribution in [0.2, 0.25) is 10.0 Å². The highest BCUT2D eigenvalue weighted by Crippen LogP contribution is 2.33. The Morgan fingerprint density at radius 1 is 1.16 bits per heavy atom. The molecule has 2 aromatic carbocycles. The van der Waals surface area contributed by atoms with Crippen LogP contribution in [0.5, 0.6) is 0 Å². The molecule has 3 rings (SSSR count). The van der Waals surface area contributed by atoms with E-state index in [2.05, 4.69) is 4.98 Å². The summed E-state index contributed by atoms with van der Waals surface area (Å²) in [4.78, 5) is 29.1. The van der Waals surface area contributed by atoms with Gasteiger partial charge in [-0.05, 0) is 42.8 Å². The summed E-state index contributed by atoms with van der Waals surface area (Å²) in [5.41, 5.74) is 2.86. The maximum Gasteiger partial charge on any atom is 0.313 e. The van der Waals surface area contributed by atoms with Crippen LogP contribution < -0.4 is 0 Å². The van der Waals surface area contributed by atoms with E-state index < -0.39 is 5.97 Å². The Morgan fingerprint density at radius 3 is 2.53 bits per heavy atom. The molecule has 1 N–H and O–H groups in total. The van der Waals surface area contributed by atoms with Crippen LogP contribution >= 0.6 is 35.0 Å². The second-order valence-corrected chi connectivity index (χ2v) is 9.56. The maximum absolute atomic E-state index is 12.8. The van der Waals surface area contributed by atoms with Crippen LogP contribution in [0.3, 0.4) is 0 Å². The highest BCUT2D eigenvalue weighted by atomic mass is 35.5. The summed E-state index contributed by atoms with van der Waals surface area (Å²) in [5, 5.41) is 9.83. The van der Waals surface area contributed by atoms with E-state index in [-0.39, 0.29) is 23.9 Å². The van der Waals surface area contributed by atoms with Gasteiger partial charge in [-0.25, -0.2) is 4.98 Å². The molecule has 0 saturated carbocycles. The van der Waals surface area contributed by atoms with Crippen LogP contribution in [0, 0.1) is 6.92 Å². The lowest BCUT2D eigenvalue weighted by molar-refractivity contribution is -0.133. The van der Waals surface area contributed by atoms with Crippen molar-refractivity contribution in [3.8, 4) is 11.5 Å². The lowest BCUT2D eigenvalue weighted by Gasteiger charge is -2.07. The Hall–Kier alpha value is -2.28. The summed E-state index contributed by atoms with van der Waals surface area (Å²) in [7, 11) is 0. The number of thioether (sulfide) groups is 1. The van der Waals surface area contributed by atoms with Gasteiger partial charge >= 0.3 is 5.97 Å². The van der Waals surface area contributed by atoms with Gasteiger partial charge in [0.05, 0.1) is 22.0 Å². The van der Waals surface area contributed by atoms with Crippen molar-refractivity contribution >= 4 is 46.7 Å². The van der Waals surface area contributed by atoms with Crippen LogP contribution in [-0.4, -0.2) is 27.6 Å². The lowest BCUT2D eigenvalue weighted by atomic mass is 10.0. The molecule has 5 nitrogen and oxygen atoms in total. The quantitative estimate of drug-likeness (QED) is 0.254. The average Bonchev–Trinajstić information content (AvgIpc) is 3.15. The molecule has 0 unspecified atom stereocenters. The molecule has 0 amide bonds. The number of carbonyl (C=O) groups excluding carboxylic acids is 1. The molecule has 0 spiro atoms. The zero-order valence-electron chi connectivity index (χ0n) is 17.9. The molecule has 0 fully saturated rings. The number of benzene rings is 2. The third-order valence-electron chi connectivity index (χ3n) is 4.85. The molecule has 0 radical (unpaired) electrons. The molecular weight excluding hydrogens is 469 g/mol. The van der Waals surface area contributed by atoms with Crippen molar-refractivity contribution in [3.63, 3.8) is 0 Å². The number of rotatable bonds is 9. The van der Waals surface area contributed by atoms with E-state index in [0.717, 1.165) is 21.9 Å². The van der Waals surface area contributed by atoms with Crippen LogP contribution in [0.4, 0.5) is 0 Å². The summed E-state index contributed by atoms with van der Waals surface area (Å²) >= 11 is 13.5. The van der Waals surface area contributed by atoms with E-state index in [0.29, 0.717) is 33.5 Å². The molecule has 0 bridgehead atoms. The fourth-order valence-corrected chi connectivity index (χ4v) is 4.49. The van der Waals surface area contributed by atoms with Crippen LogP contribution in [-0.2, 0) is 11.2 Å². The normalized spacial score (nSPS) is 11.2. The topological polar surface area (TPSA) is 80.4 Å². The molecule has 0 aliphatic carbocycles. The smallest absolute Gasteiger partial charge is 0.313 e. The number of Topliss-reactive ketones (excluding diaryl/α,β-unsaturated/α-hetero) is 1. The molecule has 32 heavy (non-hydrogen) atoms. The van der Waals surface area contributed by atoms with Crippen LogP contribution in [0.1, 0.15) is 53.6 Å². The van der Waals surface area contributed by atoms with Crippen molar-refractivity contribution < 1.29 is 19.1 Å². The van der Waals surface area contributed by atoms with Gasteiger partial charge < -0.3 is 9.52 Å². The van der Waals surface area contributed by atoms with Crippen LogP contribution in [0.25, 0.3) is 11.5 Å². The summed E-state index contributed by atoms with van der Waals surface area (Å²) < 4.78 is 6.00. The van der Waals surface area contributed by atoms with Gasteiger partial charge in [0.25, 0.3) is 0 Å². The fraction of sp³-hybridized carbons (Fsp3) is 0.292. The van der Waals surface area contributed by atoms with E-state index in [4.69, 9.17) is 32.7 Å². The monoisotopic (exact) mass is 491 g/mol. The van der Waals surface area contributed by atoms with Crippen molar-refractivity contribution in [2.24, 2.45) is 0 Å². The van der Waals surface area contributed by atoms with Gasteiger partial charge in [-0.2, -0.15) is 0 Å². The Bertz CT molecular complexity index is 1160. The first-order valence-electron chi connectivity index (χ1n) is 10.1. The average molecular weight is 492 g/mol. The van der Waals surface area contributed by atoms with Gasteiger partial charge in [0.1, 0.15) is 5.76 Å². The predicted molar refractivity (Wildman–Crippen MR) is 128 cm³/mol. The molecule has 0 aliphatic rings. The number of ketones is 1. The van der Waals surface area contributed by atoms with Gasteiger partial charge in [-0.15, -0.1) is 11.8 Å². The van der Waals surface area contributed by atoms with E-state index in [1.54, 1.807) is 36.4 Å². The number of aliphatic carboxylic acids is 1. The first-order chi connectivity index (χ1) is 15.2. The Labute approximate surface area is 201 Å². The lowest BCUT2D eigenvalue weighted by Crippen LogP contribution is -2.04. The molecular formula is C24H23Cl2NO4S. The van der Waals surface area contributed by atoms with Crippen molar-refractivity contribution in [3.05, 3.63) is 69.0 Å². The van der Waals surface area contributed by atoms with Gasteiger partial charge in [-0.1, -0.05) is 43.1 Å². The molecule has 0 aliphatic heterocycles. The van der Waals surface area contributed by atoms with E-state index in [9.17, 15) is 9.59 Å². The van der Waals surface area contributed by atoms with E-state index in [1.807, 2.05) is 20.8 Å². The van der Waals surface area contributed by atoms with Crippen molar-refractivity contribution in [1.29, 1.82) is 0 Å². The number of oxazole rings is 1. The Balaban J connectivity index is 1.76. The maximum atomic E-state index is 12.8. The molecule has 0 atom stereocenters. The number of hydrogen-bond donors (Lipinski definition) is 1. The van der Waals surface area contributed by atoms with Crippen molar-refractivity contribution in [2.45, 2.75) is 44.4 Å². The summed E-state index contributed by atoms with van der Waals surface area (Å²) in [6, 6.07) is 10.5. The minimum atomic E-state index is -0.873. The van der Waals surface area contributed by atoms with Gasteiger partial charge in [0.2, 0.25) is 5.89 Å². The number of aryl methyl sites for hydroxylation is 2. The third-order valence-corrected chi connectivity index (χ3v) is 6.56. The van der Waals surface area contributed by atoms with Gasteiger partial charge in [0, 0.05) is 34.2 Å². The first-order valence-corrected chi connectivity index (χ1v) is 11.8. The van der Waals surface area contributed by atoms with Crippen LogP contribution in [0.15, 0.2) is 45.7 Å². The number of aromatic nitrogens is 1. The fourth-order valence-electron chi connectivity index (χ4n) is 3.27. The van der Waals surface area contributed by atoms with Crippen molar-refractivity contribution in [1.82, 2.24) is 4.98 Å². The Morgan fingerprint density at radius 2 is 1.91 bits per heavy atom. The minimum absolute atomic E-state index is 0.00772.